The molecule has 1 N–H and O–H groups in total. The Kier molecular flexibility index (Phi) is 6.53. The minimum atomic E-state index is 0.578. The Labute approximate surface area is 113 Å². The Hall–Kier alpha value is -0.600. The van der Waals surface area contributed by atoms with Crippen LogP contribution in [0.1, 0.15) is 32.8 Å². The lowest BCUT2D eigenvalue weighted by Gasteiger charge is -2.06. The van der Waals surface area contributed by atoms with E-state index < -0.39 is 0 Å². The fourth-order valence-corrected chi connectivity index (χ4v) is 2.18. The third kappa shape index (κ3) is 6.64. The predicted octanol–water partition coefficient (Wildman–Crippen LogP) is 4.33. The normalized spacial score (nSPS) is 12.2. The highest BCUT2D eigenvalue weighted by atomic mass is 79.9. The molecule has 0 fully saturated rings. The summed E-state index contributed by atoms with van der Waals surface area (Å²) in [5.41, 5.74) is 2.80. The second kappa shape index (κ2) is 7.67. The molecule has 0 unspecified atom stereocenters. The highest BCUT2D eigenvalue weighted by Crippen LogP contribution is 2.14. The van der Waals surface area contributed by atoms with Gasteiger partial charge in [-0.3, -0.25) is 0 Å². The molecule has 1 aromatic rings. The van der Waals surface area contributed by atoms with Crippen molar-refractivity contribution in [2.75, 3.05) is 6.54 Å². The molecule has 94 valence electrons. The molecule has 0 amide bonds. The molecule has 1 nitrogen and oxygen atoms in total. The Morgan fingerprint density at radius 1 is 1.41 bits per heavy atom. The van der Waals surface area contributed by atoms with E-state index in [0.717, 1.165) is 23.9 Å². The molecule has 0 atom stereocenters. The van der Waals surface area contributed by atoms with Gasteiger partial charge in [-0.25, -0.2) is 0 Å². The molecule has 0 heterocycles. The Bertz CT molecular complexity index is 369. The van der Waals surface area contributed by atoms with Crippen molar-refractivity contribution in [3.63, 3.8) is 0 Å². The van der Waals surface area contributed by atoms with Crippen LogP contribution < -0.4 is 5.32 Å². The van der Waals surface area contributed by atoms with E-state index in [-0.39, 0.29) is 0 Å². The van der Waals surface area contributed by atoms with E-state index in [1.807, 2.05) is 0 Å². The number of allylic oxidation sites excluding steroid dienone is 1. The molecule has 0 bridgehead atoms. The van der Waals surface area contributed by atoms with Crippen molar-refractivity contribution in [1.82, 2.24) is 5.32 Å². The number of halogens is 1. The molecular weight excluding hydrogens is 274 g/mol. The summed E-state index contributed by atoms with van der Waals surface area (Å²) in [6.45, 7) is 7.62. The number of hydrogen-bond donors (Lipinski definition) is 1. The highest BCUT2D eigenvalue weighted by molar-refractivity contribution is 9.10. The van der Waals surface area contributed by atoms with Crippen molar-refractivity contribution in [3.05, 3.63) is 46.0 Å². The zero-order chi connectivity index (χ0) is 12.7. The average Bonchev–Trinajstić information content (AvgIpc) is 2.24. The summed E-state index contributed by atoms with van der Waals surface area (Å²) in [6.07, 6.45) is 4.48. The van der Waals surface area contributed by atoms with E-state index in [1.54, 1.807) is 0 Å². The Morgan fingerprint density at radius 2 is 2.18 bits per heavy atom. The second-order valence-electron chi connectivity index (χ2n) is 4.75. The van der Waals surface area contributed by atoms with Gasteiger partial charge in [0, 0.05) is 10.5 Å². The highest BCUT2D eigenvalue weighted by Gasteiger charge is 1.96. The lowest BCUT2D eigenvalue weighted by Crippen LogP contribution is -2.23. The van der Waals surface area contributed by atoms with Crippen molar-refractivity contribution in [1.29, 1.82) is 0 Å². The SMILES string of the molecule is CC(=CCCNC(C)C)Cc1cccc(Br)c1. The molecular formula is C15H22BrN. The van der Waals surface area contributed by atoms with Crippen LogP contribution >= 0.6 is 15.9 Å². The van der Waals surface area contributed by atoms with Gasteiger partial charge in [0.25, 0.3) is 0 Å². The first-order valence-corrected chi connectivity index (χ1v) is 7.00. The van der Waals surface area contributed by atoms with Gasteiger partial charge in [-0.05, 0) is 44.0 Å². The van der Waals surface area contributed by atoms with Gasteiger partial charge in [0.2, 0.25) is 0 Å². The van der Waals surface area contributed by atoms with Crippen molar-refractivity contribution in [2.24, 2.45) is 0 Å². The van der Waals surface area contributed by atoms with E-state index in [0.29, 0.717) is 6.04 Å². The van der Waals surface area contributed by atoms with Crippen LogP contribution in [0, 0.1) is 0 Å². The monoisotopic (exact) mass is 295 g/mol. The van der Waals surface area contributed by atoms with Crippen LogP contribution in [0.25, 0.3) is 0 Å². The fraction of sp³-hybridized carbons (Fsp3) is 0.467. The first-order chi connectivity index (χ1) is 8.08. The van der Waals surface area contributed by atoms with Gasteiger partial charge < -0.3 is 5.32 Å². The number of benzene rings is 1. The molecule has 0 saturated carbocycles. The van der Waals surface area contributed by atoms with Crippen molar-refractivity contribution >= 4 is 15.9 Å². The smallest absolute Gasteiger partial charge is 0.0178 e. The average molecular weight is 296 g/mol. The summed E-state index contributed by atoms with van der Waals surface area (Å²) in [7, 11) is 0. The van der Waals surface area contributed by atoms with Crippen LogP contribution in [0.2, 0.25) is 0 Å². The fourth-order valence-electron chi connectivity index (χ4n) is 1.73. The van der Waals surface area contributed by atoms with Gasteiger partial charge >= 0.3 is 0 Å². The summed E-state index contributed by atoms with van der Waals surface area (Å²) in [4.78, 5) is 0. The molecule has 0 aliphatic carbocycles. The van der Waals surface area contributed by atoms with E-state index >= 15 is 0 Å². The second-order valence-corrected chi connectivity index (χ2v) is 5.67. The molecule has 1 rings (SSSR count). The maximum absolute atomic E-state index is 3.50. The summed E-state index contributed by atoms with van der Waals surface area (Å²) in [5, 5.41) is 3.42. The van der Waals surface area contributed by atoms with Crippen LogP contribution in [-0.2, 0) is 6.42 Å². The largest absolute Gasteiger partial charge is 0.314 e. The molecule has 0 saturated heterocycles. The molecule has 17 heavy (non-hydrogen) atoms. The Balaban J connectivity index is 2.38. The zero-order valence-electron chi connectivity index (χ0n) is 11.0. The molecule has 1 aromatic carbocycles. The van der Waals surface area contributed by atoms with Crippen LogP contribution in [0.3, 0.4) is 0 Å². The summed E-state index contributed by atoms with van der Waals surface area (Å²) in [6, 6.07) is 9.09. The van der Waals surface area contributed by atoms with Crippen LogP contribution in [-0.4, -0.2) is 12.6 Å². The van der Waals surface area contributed by atoms with Crippen molar-refractivity contribution in [2.45, 2.75) is 39.7 Å². The van der Waals surface area contributed by atoms with E-state index in [1.165, 1.54) is 11.1 Å². The van der Waals surface area contributed by atoms with Gasteiger partial charge in [-0.1, -0.05) is 53.6 Å². The predicted molar refractivity (Wildman–Crippen MR) is 79.4 cm³/mol. The first-order valence-electron chi connectivity index (χ1n) is 6.21. The van der Waals surface area contributed by atoms with Crippen molar-refractivity contribution < 1.29 is 0 Å². The molecule has 0 aromatic heterocycles. The van der Waals surface area contributed by atoms with Gasteiger partial charge in [0.15, 0.2) is 0 Å². The van der Waals surface area contributed by atoms with E-state index in [9.17, 15) is 0 Å². The topological polar surface area (TPSA) is 12.0 Å². The Morgan fingerprint density at radius 3 is 2.82 bits per heavy atom. The molecule has 0 spiro atoms. The van der Waals surface area contributed by atoms with Gasteiger partial charge in [-0.15, -0.1) is 0 Å². The quantitative estimate of drug-likeness (QED) is 0.609. The van der Waals surface area contributed by atoms with Crippen LogP contribution in [0.15, 0.2) is 40.4 Å². The number of rotatable bonds is 6. The molecule has 0 aliphatic rings. The van der Waals surface area contributed by atoms with E-state index in [4.69, 9.17) is 0 Å². The van der Waals surface area contributed by atoms with Crippen LogP contribution in [0.5, 0.6) is 0 Å². The lowest BCUT2D eigenvalue weighted by molar-refractivity contribution is 0.594. The third-order valence-corrected chi connectivity index (χ3v) is 3.05. The molecule has 2 heteroatoms. The minimum Gasteiger partial charge on any atom is -0.314 e. The first kappa shape index (κ1) is 14.5. The van der Waals surface area contributed by atoms with Gasteiger partial charge in [0.1, 0.15) is 0 Å². The third-order valence-electron chi connectivity index (χ3n) is 2.56. The van der Waals surface area contributed by atoms with E-state index in [2.05, 4.69) is 72.4 Å². The maximum Gasteiger partial charge on any atom is 0.0178 e. The summed E-state index contributed by atoms with van der Waals surface area (Å²) < 4.78 is 1.16. The molecule has 0 aliphatic heterocycles. The number of nitrogens with one attached hydrogen (secondary N) is 1. The molecule has 0 radical (unpaired) electrons. The minimum absolute atomic E-state index is 0.578. The van der Waals surface area contributed by atoms with Gasteiger partial charge in [0.05, 0.1) is 0 Å². The number of hydrogen-bond acceptors (Lipinski definition) is 1. The van der Waals surface area contributed by atoms with Crippen LogP contribution in [0.4, 0.5) is 0 Å². The maximum atomic E-state index is 3.50. The summed E-state index contributed by atoms with van der Waals surface area (Å²) in [5.74, 6) is 0. The lowest BCUT2D eigenvalue weighted by atomic mass is 10.1. The van der Waals surface area contributed by atoms with Gasteiger partial charge in [-0.2, -0.15) is 0 Å². The summed E-state index contributed by atoms with van der Waals surface area (Å²) >= 11 is 3.50. The van der Waals surface area contributed by atoms with Crippen molar-refractivity contribution in [3.8, 4) is 0 Å². The standard InChI is InChI=1S/C15H22BrN/c1-12(2)17-9-5-6-13(3)10-14-7-4-8-15(16)11-14/h4,6-8,11-12,17H,5,9-10H2,1-3H3. The zero-order valence-corrected chi connectivity index (χ0v) is 12.5.